The smallest absolute Gasteiger partial charge is 0.243 e. The molecule has 0 radical (unpaired) electrons. The predicted octanol–water partition coefficient (Wildman–Crippen LogP) is 2.68. The SMILES string of the molecule is CC(=O)N[C@@H](Cc1ccc(F)cc1)C(=O)N[C@H](C(N)=O)C(c1ccccc1)c1ccccc1. The minimum Gasteiger partial charge on any atom is -0.368 e. The molecule has 0 aromatic heterocycles. The van der Waals surface area contributed by atoms with Crippen LogP contribution >= 0.6 is 0 Å². The van der Waals surface area contributed by atoms with Gasteiger partial charge in [-0.3, -0.25) is 14.4 Å². The van der Waals surface area contributed by atoms with Crippen molar-refractivity contribution in [3.63, 3.8) is 0 Å². The van der Waals surface area contributed by atoms with Gasteiger partial charge in [-0.05, 0) is 28.8 Å². The molecule has 7 heteroatoms. The van der Waals surface area contributed by atoms with Gasteiger partial charge in [0.1, 0.15) is 17.9 Å². The number of hydrogen-bond acceptors (Lipinski definition) is 3. The molecule has 6 nitrogen and oxygen atoms in total. The maximum Gasteiger partial charge on any atom is 0.243 e. The van der Waals surface area contributed by atoms with E-state index in [1.165, 1.54) is 19.1 Å². The highest BCUT2D eigenvalue weighted by atomic mass is 19.1. The zero-order chi connectivity index (χ0) is 23.8. The summed E-state index contributed by atoms with van der Waals surface area (Å²) in [5.74, 6) is -2.60. The second-order valence-corrected chi connectivity index (χ2v) is 7.77. The van der Waals surface area contributed by atoms with Gasteiger partial charge in [0.2, 0.25) is 17.7 Å². The van der Waals surface area contributed by atoms with Gasteiger partial charge in [-0.25, -0.2) is 4.39 Å². The first-order valence-electron chi connectivity index (χ1n) is 10.6. The summed E-state index contributed by atoms with van der Waals surface area (Å²) in [6, 6.07) is 22.2. The normalized spacial score (nSPS) is 12.6. The molecule has 3 rings (SSSR count). The molecule has 0 saturated heterocycles. The molecule has 0 aliphatic rings. The van der Waals surface area contributed by atoms with E-state index in [1.54, 1.807) is 12.1 Å². The van der Waals surface area contributed by atoms with E-state index < -0.39 is 41.5 Å². The van der Waals surface area contributed by atoms with E-state index in [9.17, 15) is 18.8 Å². The Morgan fingerprint density at radius 3 is 1.79 bits per heavy atom. The van der Waals surface area contributed by atoms with Gasteiger partial charge in [0.15, 0.2) is 0 Å². The van der Waals surface area contributed by atoms with Crippen LogP contribution in [0.25, 0.3) is 0 Å². The molecule has 0 aliphatic carbocycles. The molecule has 0 saturated carbocycles. The van der Waals surface area contributed by atoms with E-state index in [0.717, 1.165) is 11.1 Å². The first-order valence-corrected chi connectivity index (χ1v) is 10.6. The maximum atomic E-state index is 13.3. The van der Waals surface area contributed by atoms with Crippen LogP contribution in [0.15, 0.2) is 84.9 Å². The Hall–Kier alpha value is -4.00. The van der Waals surface area contributed by atoms with Crippen LogP contribution in [0, 0.1) is 5.82 Å². The van der Waals surface area contributed by atoms with Crippen LogP contribution < -0.4 is 16.4 Å². The number of rotatable bonds is 9. The third-order valence-corrected chi connectivity index (χ3v) is 5.30. The largest absolute Gasteiger partial charge is 0.368 e. The Morgan fingerprint density at radius 1 is 0.818 bits per heavy atom. The van der Waals surface area contributed by atoms with Crippen LogP contribution in [0.4, 0.5) is 4.39 Å². The van der Waals surface area contributed by atoms with E-state index >= 15 is 0 Å². The quantitative estimate of drug-likeness (QED) is 0.470. The molecule has 0 spiro atoms. The molecule has 0 heterocycles. The molecule has 3 amide bonds. The predicted molar refractivity (Wildman–Crippen MR) is 124 cm³/mol. The number of carbonyl (C=O) groups excluding carboxylic acids is 3. The molecule has 0 fully saturated rings. The summed E-state index contributed by atoms with van der Waals surface area (Å²) in [5.41, 5.74) is 8.02. The van der Waals surface area contributed by atoms with E-state index in [4.69, 9.17) is 5.73 Å². The van der Waals surface area contributed by atoms with Crippen LogP contribution in [0.5, 0.6) is 0 Å². The van der Waals surface area contributed by atoms with Crippen molar-refractivity contribution >= 4 is 17.7 Å². The van der Waals surface area contributed by atoms with Gasteiger partial charge in [-0.1, -0.05) is 72.8 Å². The number of halogens is 1. The van der Waals surface area contributed by atoms with Crippen LogP contribution in [-0.4, -0.2) is 29.8 Å². The van der Waals surface area contributed by atoms with Crippen molar-refractivity contribution in [1.29, 1.82) is 0 Å². The molecule has 2 atom stereocenters. The molecule has 3 aromatic rings. The van der Waals surface area contributed by atoms with Gasteiger partial charge < -0.3 is 16.4 Å². The summed E-state index contributed by atoms with van der Waals surface area (Å²) in [4.78, 5) is 37.5. The lowest BCUT2D eigenvalue weighted by molar-refractivity contribution is -0.131. The maximum absolute atomic E-state index is 13.3. The zero-order valence-electron chi connectivity index (χ0n) is 18.2. The van der Waals surface area contributed by atoms with Gasteiger partial charge in [-0.2, -0.15) is 0 Å². The van der Waals surface area contributed by atoms with Crippen molar-refractivity contribution < 1.29 is 18.8 Å². The highest BCUT2D eigenvalue weighted by molar-refractivity contribution is 5.92. The Labute approximate surface area is 192 Å². The lowest BCUT2D eigenvalue weighted by Gasteiger charge is -2.28. The first kappa shape index (κ1) is 23.7. The number of nitrogens with one attached hydrogen (secondary N) is 2. The third kappa shape index (κ3) is 6.49. The molecule has 33 heavy (non-hydrogen) atoms. The van der Waals surface area contributed by atoms with Crippen LogP contribution in [0.3, 0.4) is 0 Å². The average molecular weight is 448 g/mol. The van der Waals surface area contributed by atoms with Crippen molar-refractivity contribution in [2.24, 2.45) is 5.73 Å². The number of amides is 3. The summed E-state index contributed by atoms with van der Waals surface area (Å²) in [5, 5.41) is 5.36. The van der Waals surface area contributed by atoms with Crippen LogP contribution in [0.2, 0.25) is 0 Å². The lowest BCUT2D eigenvalue weighted by Crippen LogP contribution is -2.55. The van der Waals surface area contributed by atoms with Crippen molar-refractivity contribution in [3.8, 4) is 0 Å². The van der Waals surface area contributed by atoms with Gasteiger partial charge in [0, 0.05) is 19.3 Å². The first-order chi connectivity index (χ1) is 15.8. The summed E-state index contributed by atoms with van der Waals surface area (Å²) in [6.45, 7) is 1.30. The van der Waals surface area contributed by atoms with Gasteiger partial charge in [-0.15, -0.1) is 0 Å². The van der Waals surface area contributed by atoms with Crippen molar-refractivity contribution in [1.82, 2.24) is 10.6 Å². The van der Waals surface area contributed by atoms with E-state index in [2.05, 4.69) is 10.6 Å². The topological polar surface area (TPSA) is 101 Å². The highest BCUT2D eigenvalue weighted by Crippen LogP contribution is 2.28. The summed E-state index contributed by atoms with van der Waals surface area (Å²) >= 11 is 0. The minimum atomic E-state index is -1.06. The van der Waals surface area contributed by atoms with E-state index in [0.29, 0.717) is 5.56 Å². The number of hydrogen-bond donors (Lipinski definition) is 3. The fourth-order valence-electron chi connectivity index (χ4n) is 3.78. The second kappa shape index (κ2) is 11.0. The van der Waals surface area contributed by atoms with Crippen LogP contribution in [0.1, 0.15) is 29.5 Å². The number of benzene rings is 3. The minimum absolute atomic E-state index is 0.124. The summed E-state index contributed by atoms with van der Waals surface area (Å²) in [6.07, 6.45) is 0.124. The van der Waals surface area contributed by atoms with Gasteiger partial charge >= 0.3 is 0 Å². The fourth-order valence-corrected chi connectivity index (χ4v) is 3.78. The Bertz CT molecular complexity index is 1050. The molecule has 4 N–H and O–H groups in total. The second-order valence-electron chi connectivity index (χ2n) is 7.77. The standard InChI is InChI=1S/C26H26FN3O3/c1-17(31)29-22(16-18-12-14-21(27)15-13-18)26(33)30-24(25(28)32)23(19-8-4-2-5-9-19)20-10-6-3-7-11-20/h2-15,22-24H,16H2,1H3,(H2,28,32)(H,29,31)(H,30,33)/t22-,24-/m0/s1. The van der Waals surface area contributed by atoms with Crippen molar-refractivity contribution in [3.05, 3.63) is 107 Å². The molecule has 0 aliphatic heterocycles. The average Bonchev–Trinajstić information content (AvgIpc) is 2.80. The van der Waals surface area contributed by atoms with Crippen molar-refractivity contribution in [2.45, 2.75) is 31.3 Å². The number of nitrogens with two attached hydrogens (primary N) is 1. The van der Waals surface area contributed by atoms with E-state index in [1.807, 2.05) is 60.7 Å². The molecule has 0 unspecified atom stereocenters. The fraction of sp³-hybridized carbons (Fsp3) is 0.192. The van der Waals surface area contributed by atoms with Crippen LogP contribution in [-0.2, 0) is 20.8 Å². The molecule has 170 valence electrons. The molecular formula is C26H26FN3O3. The highest BCUT2D eigenvalue weighted by Gasteiger charge is 2.33. The molecule has 0 bridgehead atoms. The monoisotopic (exact) mass is 447 g/mol. The molecular weight excluding hydrogens is 421 g/mol. The Kier molecular flexibility index (Phi) is 7.91. The lowest BCUT2D eigenvalue weighted by atomic mass is 9.84. The zero-order valence-corrected chi connectivity index (χ0v) is 18.2. The summed E-state index contributed by atoms with van der Waals surface area (Å²) in [7, 11) is 0. The van der Waals surface area contributed by atoms with Crippen molar-refractivity contribution in [2.75, 3.05) is 0 Å². The van der Waals surface area contributed by atoms with E-state index in [-0.39, 0.29) is 6.42 Å². The molecule has 3 aromatic carbocycles. The number of primary amides is 1. The van der Waals surface area contributed by atoms with Gasteiger partial charge in [0.25, 0.3) is 0 Å². The Balaban J connectivity index is 1.91. The Morgan fingerprint density at radius 2 is 1.33 bits per heavy atom. The van der Waals surface area contributed by atoms with Gasteiger partial charge in [0.05, 0.1) is 0 Å². The number of carbonyl (C=O) groups is 3. The summed E-state index contributed by atoms with van der Waals surface area (Å²) < 4.78 is 13.3. The third-order valence-electron chi connectivity index (χ3n) is 5.30.